The van der Waals surface area contributed by atoms with Crippen LogP contribution in [0.5, 0.6) is 0 Å². The number of rotatable bonds is 6. The quantitative estimate of drug-likeness (QED) is 0.227. The highest BCUT2D eigenvalue weighted by molar-refractivity contribution is 7.14. The summed E-state index contributed by atoms with van der Waals surface area (Å²) in [4.78, 5) is 4.64. The first kappa shape index (κ1) is 20.6. The molecule has 2 aromatic heterocycles. The van der Waals surface area contributed by atoms with E-state index in [0.717, 1.165) is 33.6 Å². The summed E-state index contributed by atoms with van der Waals surface area (Å²) < 4.78 is 1.82. The molecular formula is C23H16Cl2N6S. The summed E-state index contributed by atoms with van der Waals surface area (Å²) in [7, 11) is 0. The Morgan fingerprint density at radius 3 is 2.44 bits per heavy atom. The number of hydrogen-bond donors (Lipinski definition) is 1. The van der Waals surface area contributed by atoms with Gasteiger partial charge in [0.25, 0.3) is 0 Å². The van der Waals surface area contributed by atoms with Crippen molar-refractivity contribution in [3.63, 3.8) is 0 Å². The minimum absolute atomic E-state index is 0.435. The SMILES string of the molecule is Clc1ccc(/C(Cn2nnc3ccccc32)=N\Nc2nc(-c3ccc(Cl)cc3)cs2)cc1. The minimum Gasteiger partial charge on any atom is -0.252 e. The summed E-state index contributed by atoms with van der Waals surface area (Å²) in [6, 6.07) is 23.0. The van der Waals surface area contributed by atoms with Gasteiger partial charge in [-0.3, -0.25) is 5.43 Å². The van der Waals surface area contributed by atoms with Gasteiger partial charge in [-0.05, 0) is 42.0 Å². The molecule has 0 aliphatic heterocycles. The van der Waals surface area contributed by atoms with Crippen LogP contribution in [0.1, 0.15) is 5.56 Å². The van der Waals surface area contributed by atoms with E-state index in [4.69, 9.17) is 23.2 Å². The highest BCUT2D eigenvalue weighted by Crippen LogP contribution is 2.26. The standard InChI is InChI=1S/C23H16Cl2N6S/c24-17-9-5-15(6-10-17)20(13-31-22-4-2-1-3-19(22)28-30-31)27-29-23-26-21(14-32-23)16-7-11-18(25)12-8-16/h1-12,14H,13H2,(H,26,29)/b27-20-. The van der Waals surface area contributed by atoms with Crippen LogP contribution in [0.15, 0.2) is 83.3 Å². The van der Waals surface area contributed by atoms with Crippen LogP contribution < -0.4 is 5.43 Å². The molecule has 0 saturated carbocycles. The van der Waals surface area contributed by atoms with Gasteiger partial charge in [0.05, 0.1) is 23.5 Å². The second kappa shape index (κ2) is 9.08. The number of thiazole rings is 1. The van der Waals surface area contributed by atoms with E-state index < -0.39 is 0 Å². The first-order valence-corrected chi connectivity index (χ1v) is 11.4. The van der Waals surface area contributed by atoms with Crippen molar-refractivity contribution in [2.75, 3.05) is 5.43 Å². The normalized spacial score (nSPS) is 11.8. The number of hydrazone groups is 1. The molecule has 0 unspecified atom stereocenters. The molecular weight excluding hydrogens is 463 g/mol. The smallest absolute Gasteiger partial charge is 0.203 e. The number of halogens is 2. The number of hydrogen-bond acceptors (Lipinski definition) is 6. The van der Waals surface area contributed by atoms with E-state index >= 15 is 0 Å². The zero-order valence-corrected chi connectivity index (χ0v) is 18.9. The number of para-hydroxylation sites is 1. The van der Waals surface area contributed by atoms with Gasteiger partial charge in [0.1, 0.15) is 5.52 Å². The molecule has 0 aliphatic rings. The Hall–Kier alpha value is -3.26. The molecule has 1 N–H and O–H groups in total. The predicted molar refractivity (Wildman–Crippen MR) is 132 cm³/mol. The van der Waals surface area contributed by atoms with E-state index in [2.05, 4.69) is 25.8 Å². The molecule has 0 radical (unpaired) electrons. The molecule has 0 bridgehead atoms. The Bertz CT molecular complexity index is 1390. The van der Waals surface area contributed by atoms with Gasteiger partial charge in [0.15, 0.2) is 0 Å². The molecule has 9 heteroatoms. The van der Waals surface area contributed by atoms with Gasteiger partial charge in [-0.1, -0.05) is 64.8 Å². The van der Waals surface area contributed by atoms with Gasteiger partial charge in [0.2, 0.25) is 5.13 Å². The fourth-order valence-electron chi connectivity index (χ4n) is 3.20. The lowest BCUT2D eigenvalue weighted by Crippen LogP contribution is -2.15. The molecule has 0 aliphatic carbocycles. The molecule has 0 amide bonds. The van der Waals surface area contributed by atoms with Crippen LogP contribution in [0.4, 0.5) is 5.13 Å². The van der Waals surface area contributed by atoms with E-state index in [1.807, 2.05) is 82.9 Å². The highest BCUT2D eigenvalue weighted by Gasteiger charge is 2.11. The third-order valence-corrected chi connectivity index (χ3v) is 6.08. The summed E-state index contributed by atoms with van der Waals surface area (Å²) in [6.45, 7) is 0.435. The van der Waals surface area contributed by atoms with Crippen molar-refractivity contribution in [3.05, 3.63) is 93.8 Å². The van der Waals surface area contributed by atoms with Gasteiger partial charge < -0.3 is 0 Å². The Labute approximate surface area is 198 Å². The summed E-state index contributed by atoms with van der Waals surface area (Å²) in [5.74, 6) is 0. The zero-order chi connectivity index (χ0) is 21.9. The number of fused-ring (bicyclic) bond motifs is 1. The number of nitrogens with zero attached hydrogens (tertiary/aromatic N) is 5. The molecule has 2 heterocycles. The van der Waals surface area contributed by atoms with Crippen LogP contribution in [0.2, 0.25) is 10.0 Å². The summed E-state index contributed by atoms with van der Waals surface area (Å²) in [6.07, 6.45) is 0. The van der Waals surface area contributed by atoms with Gasteiger partial charge in [-0.25, -0.2) is 9.67 Å². The molecule has 0 atom stereocenters. The molecule has 5 rings (SSSR count). The molecule has 0 fully saturated rings. The topological polar surface area (TPSA) is 68.0 Å². The van der Waals surface area contributed by atoms with Crippen LogP contribution >= 0.6 is 34.5 Å². The average Bonchev–Trinajstić information content (AvgIpc) is 3.45. The van der Waals surface area contributed by atoms with Crippen molar-refractivity contribution in [1.82, 2.24) is 20.0 Å². The zero-order valence-electron chi connectivity index (χ0n) is 16.6. The van der Waals surface area contributed by atoms with Crippen LogP contribution in [0, 0.1) is 0 Å². The molecule has 158 valence electrons. The van der Waals surface area contributed by atoms with Crippen molar-refractivity contribution in [1.29, 1.82) is 0 Å². The third kappa shape index (κ3) is 4.50. The number of nitrogens with one attached hydrogen (secondary N) is 1. The predicted octanol–water partition coefficient (Wildman–Crippen LogP) is 6.38. The second-order valence-electron chi connectivity index (χ2n) is 6.96. The van der Waals surface area contributed by atoms with Crippen molar-refractivity contribution < 1.29 is 0 Å². The maximum atomic E-state index is 6.08. The van der Waals surface area contributed by atoms with E-state index in [-0.39, 0.29) is 0 Å². The van der Waals surface area contributed by atoms with Gasteiger partial charge in [-0.2, -0.15) is 5.10 Å². The number of aromatic nitrogens is 4. The fourth-order valence-corrected chi connectivity index (χ4v) is 4.12. The molecule has 32 heavy (non-hydrogen) atoms. The maximum Gasteiger partial charge on any atom is 0.203 e. The Morgan fingerprint density at radius 1 is 0.938 bits per heavy atom. The van der Waals surface area contributed by atoms with Crippen LogP contribution in [-0.4, -0.2) is 25.7 Å². The largest absolute Gasteiger partial charge is 0.252 e. The third-order valence-electron chi connectivity index (χ3n) is 4.83. The lowest BCUT2D eigenvalue weighted by Gasteiger charge is -2.08. The lowest BCUT2D eigenvalue weighted by molar-refractivity contribution is 0.700. The molecule has 0 spiro atoms. The van der Waals surface area contributed by atoms with Crippen molar-refractivity contribution in [2.24, 2.45) is 5.10 Å². The first-order valence-electron chi connectivity index (χ1n) is 9.74. The van der Waals surface area contributed by atoms with Gasteiger partial charge in [0, 0.05) is 21.0 Å². The summed E-state index contributed by atoms with van der Waals surface area (Å²) in [5.41, 5.74) is 8.43. The summed E-state index contributed by atoms with van der Waals surface area (Å²) in [5, 5.41) is 17.2. The van der Waals surface area contributed by atoms with E-state index in [9.17, 15) is 0 Å². The Kier molecular flexibility index (Phi) is 5.85. The van der Waals surface area contributed by atoms with Crippen molar-refractivity contribution in [3.8, 4) is 11.3 Å². The number of anilines is 1. The van der Waals surface area contributed by atoms with E-state index in [0.29, 0.717) is 21.7 Å². The van der Waals surface area contributed by atoms with E-state index in [1.165, 1.54) is 11.3 Å². The van der Waals surface area contributed by atoms with Gasteiger partial charge >= 0.3 is 0 Å². The lowest BCUT2D eigenvalue weighted by atomic mass is 10.1. The molecule has 5 aromatic rings. The van der Waals surface area contributed by atoms with Crippen LogP contribution in [-0.2, 0) is 6.54 Å². The highest BCUT2D eigenvalue weighted by atomic mass is 35.5. The molecule has 0 saturated heterocycles. The van der Waals surface area contributed by atoms with E-state index in [1.54, 1.807) is 0 Å². The molecule has 6 nitrogen and oxygen atoms in total. The number of benzene rings is 3. The summed E-state index contributed by atoms with van der Waals surface area (Å²) >= 11 is 13.5. The minimum atomic E-state index is 0.435. The average molecular weight is 479 g/mol. The second-order valence-corrected chi connectivity index (χ2v) is 8.69. The molecule has 3 aromatic carbocycles. The fraction of sp³-hybridized carbons (Fsp3) is 0.0435. The Balaban J connectivity index is 1.44. The maximum absolute atomic E-state index is 6.08. The van der Waals surface area contributed by atoms with Crippen LogP contribution in [0.25, 0.3) is 22.3 Å². The van der Waals surface area contributed by atoms with Gasteiger partial charge in [-0.15, -0.1) is 16.4 Å². The van der Waals surface area contributed by atoms with Crippen molar-refractivity contribution in [2.45, 2.75) is 6.54 Å². The first-order chi connectivity index (χ1) is 15.7. The van der Waals surface area contributed by atoms with Crippen molar-refractivity contribution >= 4 is 56.4 Å². The monoisotopic (exact) mass is 478 g/mol. The van der Waals surface area contributed by atoms with Crippen LogP contribution in [0.3, 0.4) is 0 Å². The Morgan fingerprint density at radius 2 is 1.66 bits per heavy atom.